The van der Waals surface area contributed by atoms with Crippen molar-refractivity contribution in [3.63, 3.8) is 0 Å². The van der Waals surface area contributed by atoms with Crippen molar-refractivity contribution in [2.24, 2.45) is 52.3 Å². The quantitative estimate of drug-likeness (QED) is 0.377. The summed E-state index contributed by atoms with van der Waals surface area (Å²) in [4.78, 5) is 0. The van der Waals surface area contributed by atoms with Gasteiger partial charge in [0.15, 0.2) is 0 Å². The Kier molecular flexibility index (Phi) is 7.86. The lowest BCUT2D eigenvalue weighted by Crippen LogP contribution is -2.51. The number of hydrogen-bond donors (Lipinski definition) is 1. The Morgan fingerprint density at radius 2 is 1.85 bits per heavy atom. The molecule has 0 aromatic rings. The lowest BCUT2D eigenvalue weighted by Gasteiger charge is -2.58. The van der Waals surface area contributed by atoms with Crippen LogP contribution < -0.4 is 0 Å². The second-order valence-corrected chi connectivity index (χ2v) is 13.0. The van der Waals surface area contributed by atoms with Gasteiger partial charge in [-0.3, -0.25) is 0 Å². The van der Waals surface area contributed by atoms with E-state index >= 15 is 0 Å². The van der Waals surface area contributed by atoms with E-state index in [9.17, 15) is 0 Å². The Labute approximate surface area is 204 Å². The standard InChI is InChI=1S/C31H52O2/c1-7-23(21(2)3)9-8-22(4)27-12-13-28-26-11-10-24-20-25(33-19-18-32)14-16-30(24,5)29(26)15-17-31(27,28)6/h8-10,21-23,25-29,32H,7,11-20H2,1-6H3/t22-,23-,25+,26?,27-,28?,29?,30+,31-/m1/s1. The van der Waals surface area contributed by atoms with E-state index in [2.05, 4.69) is 59.8 Å². The number of aliphatic hydroxyl groups is 1. The van der Waals surface area contributed by atoms with Crippen molar-refractivity contribution in [1.82, 2.24) is 0 Å². The third kappa shape index (κ3) is 4.65. The molecule has 3 unspecified atom stereocenters. The minimum Gasteiger partial charge on any atom is -0.394 e. The summed E-state index contributed by atoms with van der Waals surface area (Å²) < 4.78 is 5.95. The van der Waals surface area contributed by atoms with Crippen LogP contribution in [0.3, 0.4) is 0 Å². The Balaban J connectivity index is 1.48. The SMILES string of the molecule is CC[C@H](C=C[C@@H](C)[C@H]1CCC2C3CC=C4C[C@@H](OCCO)CC[C@]4(C)C3CC[C@@]21C)C(C)C. The van der Waals surface area contributed by atoms with E-state index in [1.54, 1.807) is 5.57 Å². The van der Waals surface area contributed by atoms with Crippen molar-refractivity contribution >= 4 is 0 Å². The molecule has 3 saturated carbocycles. The molecule has 0 radical (unpaired) electrons. The van der Waals surface area contributed by atoms with Crippen LogP contribution in [0.4, 0.5) is 0 Å². The zero-order valence-corrected chi connectivity index (χ0v) is 22.5. The summed E-state index contributed by atoms with van der Waals surface area (Å²) in [6.45, 7) is 15.5. The fourth-order valence-corrected chi connectivity index (χ4v) is 9.18. The van der Waals surface area contributed by atoms with Crippen molar-refractivity contribution in [2.45, 2.75) is 105 Å². The van der Waals surface area contributed by atoms with E-state index in [0.29, 0.717) is 29.5 Å². The summed E-state index contributed by atoms with van der Waals surface area (Å²) in [6, 6.07) is 0. The molecule has 0 bridgehead atoms. The maximum Gasteiger partial charge on any atom is 0.0701 e. The molecule has 3 fully saturated rings. The number of allylic oxidation sites excluding steroid dienone is 3. The zero-order chi connectivity index (χ0) is 23.8. The molecule has 0 saturated heterocycles. The summed E-state index contributed by atoms with van der Waals surface area (Å²) in [7, 11) is 0. The summed E-state index contributed by atoms with van der Waals surface area (Å²) in [5.41, 5.74) is 2.60. The number of rotatable bonds is 8. The van der Waals surface area contributed by atoms with Crippen LogP contribution in [0, 0.1) is 52.3 Å². The molecule has 4 aliphatic rings. The molecule has 0 heterocycles. The highest BCUT2D eigenvalue weighted by Gasteiger charge is 2.59. The maximum atomic E-state index is 9.16. The maximum absolute atomic E-state index is 9.16. The van der Waals surface area contributed by atoms with Crippen LogP contribution in [0.1, 0.15) is 99.3 Å². The molecule has 2 nitrogen and oxygen atoms in total. The minimum atomic E-state index is 0.142. The molecule has 4 aliphatic carbocycles. The first-order chi connectivity index (χ1) is 15.7. The molecule has 0 aliphatic heterocycles. The lowest BCUT2D eigenvalue weighted by molar-refractivity contribution is -0.0633. The van der Waals surface area contributed by atoms with Gasteiger partial charge in [0.1, 0.15) is 0 Å². The van der Waals surface area contributed by atoms with Crippen molar-refractivity contribution in [3.8, 4) is 0 Å². The number of ether oxygens (including phenoxy) is 1. The predicted octanol–water partition coefficient (Wildman–Crippen LogP) is 7.82. The predicted molar refractivity (Wildman–Crippen MR) is 139 cm³/mol. The second kappa shape index (κ2) is 10.2. The van der Waals surface area contributed by atoms with E-state index in [0.717, 1.165) is 48.3 Å². The molecule has 2 heteroatoms. The Morgan fingerprint density at radius 1 is 1.06 bits per heavy atom. The molecule has 0 aromatic heterocycles. The summed E-state index contributed by atoms with van der Waals surface area (Å²) in [5, 5.41) is 9.16. The third-order valence-corrected chi connectivity index (χ3v) is 11.2. The van der Waals surface area contributed by atoms with Crippen LogP contribution in [0.5, 0.6) is 0 Å². The van der Waals surface area contributed by atoms with Gasteiger partial charge in [0.05, 0.1) is 19.3 Å². The first kappa shape index (κ1) is 25.5. The third-order valence-electron chi connectivity index (χ3n) is 11.2. The zero-order valence-electron chi connectivity index (χ0n) is 22.5. The van der Waals surface area contributed by atoms with Crippen molar-refractivity contribution in [3.05, 3.63) is 23.8 Å². The van der Waals surface area contributed by atoms with Gasteiger partial charge in [-0.05, 0) is 110 Å². The summed E-state index contributed by atoms with van der Waals surface area (Å²) in [5.74, 6) is 5.68. The summed E-state index contributed by atoms with van der Waals surface area (Å²) in [6.07, 6.45) is 19.9. The lowest BCUT2D eigenvalue weighted by atomic mass is 9.47. The van der Waals surface area contributed by atoms with E-state index in [4.69, 9.17) is 9.84 Å². The normalized spacial score (nSPS) is 42.5. The molecule has 9 atom stereocenters. The molecular weight excluding hydrogens is 404 g/mol. The fraction of sp³-hybridized carbons (Fsp3) is 0.871. The van der Waals surface area contributed by atoms with Crippen LogP contribution in [0.15, 0.2) is 23.8 Å². The average Bonchev–Trinajstić information content (AvgIpc) is 3.15. The van der Waals surface area contributed by atoms with Gasteiger partial charge in [0, 0.05) is 0 Å². The first-order valence-electron chi connectivity index (χ1n) is 14.3. The van der Waals surface area contributed by atoms with Crippen molar-refractivity contribution in [2.75, 3.05) is 13.2 Å². The van der Waals surface area contributed by atoms with Crippen LogP contribution in [0.2, 0.25) is 0 Å². The largest absolute Gasteiger partial charge is 0.394 e. The molecule has 0 amide bonds. The molecule has 4 rings (SSSR count). The van der Waals surface area contributed by atoms with Gasteiger partial charge in [0.25, 0.3) is 0 Å². The highest BCUT2D eigenvalue weighted by molar-refractivity contribution is 5.25. The van der Waals surface area contributed by atoms with Crippen LogP contribution in [0.25, 0.3) is 0 Å². The average molecular weight is 457 g/mol. The van der Waals surface area contributed by atoms with Gasteiger partial charge in [-0.2, -0.15) is 0 Å². The number of hydrogen-bond acceptors (Lipinski definition) is 2. The van der Waals surface area contributed by atoms with Gasteiger partial charge in [0.2, 0.25) is 0 Å². The van der Waals surface area contributed by atoms with Gasteiger partial charge in [-0.1, -0.05) is 65.3 Å². The molecule has 33 heavy (non-hydrogen) atoms. The second-order valence-electron chi connectivity index (χ2n) is 13.0. The van der Waals surface area contributed by atoms with E-state index in [1.165, 1.54) is 44.9 Å². The molecule has 188 valence electrons. The first-order valence-corrected chi connectivity index (χ1v) is 14.3. The Bertz CT molecular complexity index is 722. The number of aliphatic hydroxyl groups excluding tert-OH is 1. The monoisotopic (exact) mass is 456 g/mol. The molecule has 0 aromatic carbocycles. The highest BCUT2D eigenvalue weighted by atomic mass is 16.5. The van der Waals surface area contributed by atoms with Crippen LogP contribution >= 0.6 is 0 Å². The fourth-order valence-electron chi connectivity index (χ4n) is 9.18. The Morgan fingerprint density at radius 3 is 2.55 bits per heavy atom. The molecule has 1 N–H and O–H groups in total. The van der Waals surface area contributed by atoms with E-state index in [-0.39, 0.29) is 6.61 Å². The summed E-state index contributed by atoms with van der Waals surface area (Å²) >= 11 is 0. The van der Waals surface area contributed by atoms with Gasteiger partial charge < -0.3 is 9.84 Å². The van der Waals surface area contributed by atoms with Crippen LogP contribution in [-0.2, 0) is 4.74 Å². The van der Waals surface area contributed by atoms with Crippen molar-refractivity contribution in [1.29, 1.82) is 0 Å². The van der Waals surface area contributed by atoms with Crippen LogP contribution in [-0.4, -0.2) is 24.4 Å². The molecule has 0 spiro atoms. The topological polar surface area (TPSA) is 29.5 Å². The van der Waals surface area contributed by atoms with Gasteiger partial charge >= 0.3 is 0 Å². The minimum absolute atomic E-state index is 0.142. The van der Waals surface area contributed by atoms with Gasteiger partial charge in [-0.15, -0.1) is 0 Å². The van der Waals surface area contributed by atoms with E-state index in [1.807, 2.05) is 0 Å². The number of fused-ring (bicyclic) bond motifs is 5. The smallest absolute Gasteiger partial charge is 0.0701 e. The van der Waals surface area contributed by atoms with Gasteiger partial charge in [-0.25, -0.2) is 0 Å². The van der Waals surface area contributed by atoms with Crippen molar-refractivity contribution < 1.29 is 9.84 Å². The molecular formula is C31H52O2. The Hall–Kier alpha value is -0.600. The highest BCUT2D eigenvalue weighted by Crippen LogP contribution is 2.67. The van der Waals surface area contributed by atoms with E-state index < -0.39 is 0 Å².